The summed E-state index contributed by atoms with van der Waals surface area (Å²) in [6.45, 7) is 0.0767. The third-order valence-corrected chi connectivity index (χ3v) is 3.52. The summed E-state index contributed by atoms with van der Waals surface area (Å²) in [4.78, 5) is 15.5. The number of benzene rings is 2. The summed E-state index contributed by atoms with van der Waals surface area (Å²) in [6.07, 6.45) is 0. The van der Waals surface area contributed by atoms with Gasteiger partial charge in [-0.1, -0.05) is 5.16 Å². The van der Waals surface area contributed by atoms with E-state index in [0.29, 0.717) is 22.7 Å². The Morgan fingerprint density at radius 1 is 1.04 bits per heavy atom. The first-order chi connectivity index (χ1) is 12.2. The Morgan fingerprint density at radius 2 is 1.84 bits per heavy atom. The number of hydrogen-bond donors (Lipinski definition) is 0. The summed E-state index contributed by atoms with van der Waals surface area (Å²) in [5, 5.41) is 4.62. The highest BCUT2D eigenvalue weighted by Gasteiger charge is 2.10. The lowest BCUT2D eigenvalue weighted by molar-refractivity contribution is 0.287. The van der Waals surface area contributed by atoms with E-state index < -0.39 is 5.63 Å². The molecule has 0 aliphatic heterocycles. The van der Waals surface area contributed by atoms with Gasteiger partial charge in [0.15, 0.2) is 6.61 Å². The Hall–Kier alpha value is -3.48. The summed E-state index contributed by atoms with van der Waals surface area (Å²) < 4.78 is 28.8. The number of aromatic nitrogens is 2. The second kappa shape index (κ2) is 6.20. The minimum atomic E-state index is -0.424. The van der Waals surface area contributed by atoms with E-state index in [9.17, 15) is 9.18 Å². The number of hydrogen-bond acceptors (Lipinski definition) is 6. The largest absolute Gasteiger partial charge is 0.485 e. The Morgan fingerprint density at radius 3 is 2.68 bits per heavy atom. The standard InChI is InChI=1S/C18H11FN2O4/c19-13-5-1-12(2-6-13)18-20-16(21-25-18)10-23-14-7-3-11-4-8-17(22)24-15(11)9-14/h1-9H,10H2. The summed E-state index contributed by atoms with van der Waals surface area (Å²) in [5.74, 6) is 0.793. The van der Waals surface area contributed by atoms with E-state index in [4.69, 9.17) is 13.7 Å². The fraction of sp³-hybridized carbons (Fsp3) is 0.0556. The molecule has 0 fully saturated rings. The molecule has 4 rings (SSSR count). The Kier molecular flexibility index (Phi) is 3.74. The van der Waals surface area contributed by atoms with Crippen molar-refractivity contribution >= 4 is 11.0 Å². The van der Waals surface area contributed by atoms with Gasteiger partial charge in [-0.25, -0.2) is 9.18 Å². The molecule has 2 aromatic carbocycles. The Labute approximate surface area is 140 Å². The Bertz CT molecular complexity index is 1090. The van der Waals surface area contributed by atoms with E-state index in [0.717, 1.165) is 5.39 Å². The topological polar surface area (TPSA) is 78.4 Å². The number of ether oxygens (including phenoxy) is 1. The first kappa shape index (κ1) is 15.1. The van der Waals surface area contributed by atoms with E-state index in [1.165, 1.54) is 18.2 Å². The van der Waals surface area contributed by atoms with Crippen LogP contribution in [0.4, 0.5) is 4.39 Å². The third kappa shape index (κ3) is 3.25. The van der Waals surface area contributed by atoms with Crippen molar-refractivity contribution in [3.63, 3.8) is 0 Å². The smallest absolute Gasteiger partial charge is 0.336 e. The van der Waals surface area contributed by atoms with Crippen molar-refractivity contribution in [1.29, 1.82) is 0 Å². The average molecular weight is 338 g/mol. The quantitative estimate of drug-likeness (QED) is 0.529. The van der Waals surface area contributed by atoms with Crippen molar-refractivity contribution in [1.82, 2.24) is 10.1 Å². The highest BCUT2D eigenvalue weighted by atomic mass is 19.1. The molecule has 0 aliphatic rings. The summed E-state index contributed by atoms with van der Waals surface area (Å²) in [7, 11) is 0. The number of rotatable bonds is 4. The van der Waals surface area contributed by atoms with Gasteiger partial charge in [0.05, 0.1) is 0 Å². The van der Waals surface area contributed by atoms with Crippen molar-refractivity contribution in [2.45, 2.75) is 6.61 Å². The molecule has 6 nitrogen and oxygen atoms in total. The van der Waals surface area contributed by atoms with E-state index in [1.807, 2.05) is 0 Å². The summed E-state index contributed by atoms with van der Waals surface area (Å²) in [5.41, 5.74) is 0.629. The van der Waals surface area contributed by atoms with Crippen LogP contribution >= 0.6 is 0 Å². The monoisotopic (exact) mass is 338 g/mol. The van der Waals surface area contributed by atoms with Gasteiger partial charge in [0.25, 0.3) is 5.89 Å². The molecular weight excluding hydrogens is 327 g/mol. The van der Waals surface area contributed by atoms with Crippen LogP contribution in [0.1, 0.15) is 5.82 Å². The highest BCUT2D eigenvalue weighted by Crippen LogP contribution is 2.21. The minimum absolute atomic E-state index is 0.0767. The fourth-order valence-corrected chi connectivity index (χ4v) is 2.30. The lowest BCUT2D eigenvalue weighted by Gasteiger charge is -2.03. The zero-order valence-corrected chi connectivity index (χ0v) is 12.8. The van der Waals surface area contributed by atoms with Gasteiger partial charge >= 0.3 is 5.63 Å². The fourth-order valence-electron chi connectivity index (χ4n) is 2.30. The molecule has 7 heteroatoms. The molecule has 0 saturated carbocycles. The van der Waals surface area contributed by atoms with Crippen LogP contribution in [0.25, 0.3) is 22.4 Å². The van der Waals surface area contributed by atoms with Gasteiger partial charge in [-0.3, -0.25) is 0 Å². The number of fused-ring (bicyclic) bond motifs is 1. The molecule has 0 spiro atoms. The molecule has 2 heterocycles. The highest BCUT2D eigenvalue weighted by molar-refractivity contribution is 5.77. The number of halogens is 1. The van der Waals surface area contributed by atoms with Crippen LogP contribution in [0.3, 0.4) is 0 Å². The first-order valence-corrected chi connectivity index (χ1v) is 7.43. The lowest BCUT2D eigenvalue weighted by atomic mass is 10.2. The third-order valence-electron chi connectivity index (χ3n) is 3.52. The van der Waals surface area contributed by atoms with Crippen molar-refractivity contribution in [3.05, 3.63) is 76.7 Å². The number of nitrogens with zero attached hydrogens (tertiary/aromatic N) is 2. The predicted octanol–water partition coefficient (Wildman–Crippen LogP) is 3.56. The van der Waals surface area contributed by atoms with Crippen LogP contribution in [-0.2, 0) is 6.61 Å². The minimum Gasteiger partial charge on any atom is -0.485 e. The van der Waals surface area contributed by atoms with Gasteiger partial charge in [0.2, 0.25) is 5.82 Å². The van der Waals surface area contributed by atoms with Crippen molar-refractivity contribution in [2.75, 3.05) is 0 Å². The molecule has 0 N–H and O–H groups in total. The molecule has 124 valence electrons. The maximum absolute atomic E-state index is 12.9. The molecule has 2 aromatic heterocycles. The van der Waals surface area contributed by atoms with E-state index in [1.54, 1.807) is 36.4 Å². The molecule has 0 amide bonds. The summed E-state index contributed by atoms with van der Waals surface area (Å²) in [6, 6.07) is 13.9. The van der Waals surface area contributed by atoms with Crippen LogP contribution in [-0.4, -0.2) is 10.1 Å². The van der Waals surface area contributed by atoms with Gasteiger partial charge in [-0.2, -0.15) is 4.98 Å². The average Bonchev–Trinajstić information content (AvgIpc) is 3.09. The van der Waals surface area contributed by atoms with Crippen LogP contribution in [0.2, 0.25) is 0 Å². The second-order valence-electron chi connectivity index (χ2n) is 5.27. The SMILES string of the molecule is O=c1ccc2ccc(OCc3noc(-c4ccc(F)cc4)n3)cc2o1. The van der Waals surface area contributed by atoms with Gasteiger partial charge in [-0.15, -0.1) is 0 Å². The van der Waals surface area contributed by atoms with Crippen LogP contribution in [0.5, 0.6) is 5.75 Å². The predicted molar refractivity (Wildman–Crippen MR) is 86.5 cm³/mol. The normalized spacial score (nSPS) is 10.9. The lowest BCUT2D eigenvalue weighted by Crippen LogP contribution is -1.98. The van der Waals surface area contributed by atoms with Gasteiger partial charge in [0, 0.05) is 23.1 Å². The molecule has 0 aliphatic carbocycles. The molecule has 0 unspecified atom stereocenters. The van der Waals surface area contributed by atoms with Crippen molar-refractivity contribution in [2.24, 2.45) is 0 Å². The van der Waals surface area contributed by atoms with Gasteiger partial charge in [0.1, 0.15) is 17.1 Å². The maximum atomic E-state index is 12.9. The van der Waals surface area contributed by atoms with Crippen molar-refractivity contribution < 1.29 is 18.1 Å². The molecule has 0 saturated heterocycles. The van der Waals surface area contributed by atoms with Crippen molar-refractivity contribution in [3.8, 4) is 17.2 Å². The summed E-state index contributed by atoms with van der Waals surface area (Å²) >= 11 is 0. The van der Waals surface area contributed by atoms with Crippen LogP contribution < -0.4 is 10.4 Å². The zero-order chi connectivity index (χ0) is 17.2. The zero-order valence-electron chi connectivity index (χ0n) is 12.8. The van der Waals surface area contributed by atoms with Gasteiger partial charge < -0.3 is 13.7 Å². The molecule has 0 bridgehead atoms. The molecule has 0 atom stereocenters. The second-order valence-corrected chi connectivity index (χ2v) is 5.27. The Balaban J connectivity index is 1.50. The maximum Gasteiger partial charge on any atom is 0.336 e. The molecule has 4 aromatic rings. The van der Waals surface area contributed by atoms with E-state index in [-0.39, 0.29) is 18.3 Å². The molecular formula is C18H11FN2O4. The molecule has 0 radical (unpaired) electrons. The van der Waals surface area contributed by atoms with Crippen LogP contribution in [0, 0.1) is 5.82 Å². The van der Waals surface area contributed by atoms with E-state index >= 15 is 0 Å². The van der Waals surface area contributed by atoms with E-state index in [2.05, 4.69) is 10.1 Å². The molecule has 25 heavy (non-hydrogen) atoms. The van der Waals surface area contributed by atoms with Gasteiger partial charge in [-0.05, 0) is 42.5 Å². The van der Waals surface area contributed by atoms with Crippen LogP contribution in [0.15, 0.2) is 68.3 Å². The first-order valence-electron chi connectivity index (χ1n) is 7.43.